The van der Waals surface area contributed by atoms with Crippen molar-refractivity contribution in [1.29, 1.82) is 0 Å². The van der Waals surface area contributed by atoms with Crippen LogP contribution in [-0.2, 0) is 30.7 Å². The van der Waals surface area contributed by atoms with E-state index in [9.17, 15) is 14.1 Å². The molecule has 1 aromatic heterocycles. The van der Waals surface area contributed by atoms with Crippen LogP contribution in [0.1, 0.15) is 43.5 Å². The Labute approximate surface area is 190 Å². The second-order valence-corrected chi connectivity index (χ2v) is 10.1. The number of aromatic nitrogens is 1. The molecule has 1 saturated carbocycles. The minimum absolute atomic E-state index is 0.140. The lowest BCUT2D eigenvalue weighted by atomic mass is 9.93. The molecular weight excluding hydrogens is 426 g/mol. The molecule has 2 atom stereocenters. The van der Waals surface area contributed by atoms with Gasteiger partial charge in [-0.2, -0.15) is 0 Å². The van der Waals surface area contributed by atoms with Crippen molar-refractivity contribution in [3.63, 3.8) is 0 Å². The lowest BCUT2D eigenvalue weighted by Crippen LogP contribution is -2.27. The molecule has 1 fully saturated rings. The molecule has 1 N–H and O–H groups in total. The molecule has 7 heteroatoms. The minimum atomic E-state index is -1.56. The molecule has 0 saturated heterocycles. The first kappa shape index (κ1) is 22.4. The van der Waals surface area contributed by atoms with Crippen LogP contribution < -0.4 is 0 Å². The van der Waals surface area contributed by atoms with Gasteiger partial charge in [0, 0.05) is 11.8 Å². The van der Waals surface area contributed by atoms with Gasteiger partial charge in [0.15, 0.2) is 10.7 Å². The number of hydrogen-bond donors (Lipinski definition) is 1. The van der Waals surface area contributed by atoms with Crippen molar-refractivity contribution in [1.82, 2.24) is 5.16 Å². The fourth-order valence-electron chi connectivity index (χ4n) is 4.06. The number of esters is 1. The van der Waals surface area contributed by atoms with E-state index < -0.39 is 21.1 Å². The van der Waals surface area contributed by atoms with Crippen molar-refractivity contribution in [2.24, 2.45) is 0 Å². The summed E-state index contributed by atoms with van der Waals surface area (Å²) < 4.78 is 22.8. The van der Waals surface area contributed by atoms with Crippen LogP contribution in [-0.4, -0.2) is 33.3 Å². The quantitative estimate of drug-likeness (QED) is 0.532. The van der Waals surface area contributed by atoms with Crippen molar-refractivity contribution >= 4 is 16.8 Å². The zero-order chi connectivity index (χ0) is 23.1. The Kier molecular flexibility index (Phi) is 5.81. The van der Waals surface area contributed by atoms with Crippen LogP contribution >= 0.6 is 0 Å². The van der Waals surface area contributed by atoms with Crippen LogP contribution in [0.3, 0.4) is 0 Å². The molecule has 0 spiro atoms. The summed E-state index contributed by atoms with van der Waals surface area (Å²) in [5, 5.41) is 14.7. The lowest BCUT2D eigenvalue weighted by Gasteiger charge is -2.20. The smallest absolute Gasteiger partial charge is 0.316 e. The number of aliphatic hydroxyl groups is 1. The third-order valence-corrected chi connectivity index (χ3v) is 7.54. The van der Waals surface area contributed by atoms with Crippen molar-refractivity contribution in [2.75, 3.05) is 12.9 Å². The standard InChI is InChI=1S/C25H27NO5S/c1-5-30-23(27)25(14-15-25)20-12-10-18(11-13-20)17-6-8-19(9-7-17)22-21(16(2)26-31-22)24(3,28)32(4)29/h6-13,28H,5,14-15H2,1-4H3/t24?,32-/m0/s1. The van der Waals surface area contributed by atoms with E-state index in [0.717, 1.165) is 35.1 Å². The van der Waals surface area contributed by atoms with E-state index in [-0.39, 0.29) is 5.97 Å². The van der Waals surface area contributed by atoms with E-state index in [0.29, 0.717) is 23.6 Å². The highest BCUT2D eigenvalue weighted by molar-refractivity contribution is 7.85. The van der Waals surface area contributed by atoms with Crippen LogP contribution in [0.5, 0.6) is 0 Å². The van der Waals surface area contributed by atoms with Gasteiger partial charge in [-0.25, -0.2) is 0 Å². The van der Waals surface area contributed by atoms with Crippen molar-refractivity contribution < 1.29 is 23.4 Å². The number of hydrogen-bond acceptors (Lipinski definition) is 6. The van der Waals surface area contributed by atoms with Crippen LogP contribution in [0.15, 0.2) is 53.1 Å². The molecule has 0 bridgehead atoms. The van der Waals surface area contributed by atoms with Gasteiger partial charge < -0.3 is 14.4 Å². The monoisotopic (exact) mass is 453 g/mol. The molecule has 1 aliphatic carbocycles. The summed E-state index contributed by atoms with van der Waals surface area (Å²) in [7, 11) is -1.52. The topological polar surface area (TPSA) is 89.6 Å². The second-order valence-electron chi connectivity index (χ2n) is 8.37. The van der Waals surface area contributed by atoms with E-state index in [1.807, 2.05) is 55.5 Å². The molecule has 0 aliphatic heterocycles. The summed E-state index contributed by atoms with van der Waals surface area (Å²) >= 11 is 0. The molecule has 4 rings (SSSR count). The molecule has 6 nitrogen and oxygen atoms in total. The van der Waals surface area contributed by atoms with Gasteiger partial charge in [0.1, 0.15) is 0 Å². The van der Waals surface area contributed by atoms with Crippen LogP contribution in [0.4, 0.5) is 0 Å². The molecule has 0 amide bonds. The first-order valence-electron chi connectivity index (χ1n) is 10.6. The highest BCUT2D eigenvalue weighted by Gasteiger charge is 2.52. The Balaban J connectivity index is 1.60. The van der Waals surface area contributed by atoms with E-state index >= 15 is 0 Å². The number of carbonyl (C=O) groups is 1. The maximum atomic E-state index is 12.3. The molecule has 1 heterocycles. The van der Waals surface area contributed by atoms with Gasteiger partial charge in [-0.15, -0.1) is 0 Å². The summed E-state index contributed by atoms with van der Waals surface area (Å²) in [4.78, 5) is 10.8. The number of benzene rings is 2. The SMILES string of the molecule is CCOC(=O)C1(c2ccc(-c3ccc(-c4onc(C)c4C(C)(O)[S@](C)=O)cc3)cc2)CC1. The van der Waals surface area contributed by atoms with Crippen molar-refractivity contribution in [2.45, 2.75) is 44.0 Å². The van der Waals surface area contributed by atoms with E-state index in [2.05, 4.69) is 5.16 Å². The van der Waals surface area contributed by atoms with Gasteiger partial charge in [-0.3, -0.25) is 9.00 Å². The minimum Gasteiger partial charge on any atom is -0.465 e. The Bertz CT molecular complexity index is 1160. The molecule has 32 heavy (non-hydrogen) atoms. The first-order valence-corrected chi connectivity index (χ1v) is 12.2. The highest BCUT2D eigenvalue weighted by Crippen LogP contribution is 2.49. The largest absolute Gasteiger partial charge is 0.465 e. The number of aryl methyl sites for hydroxylation is 1. The van der Waals surface area contributed by atoms with Gasteiger partial charge in [0.2, 0.25) is 0 Å². The van der Waals surface area contributed by atoms with E-state index in [1.54, 1.807) is 6.92 Å². The Hall–Kier alpha value is -2.77. The summed E-state index contributed by atoms with van der Waals surface area (Å²) in [6, 6.07) is 15.7. The third-order valence-electron chi connectivity index (χ3n) is 6.22. The normalized spacial score (nSPS) is 17.4. The number of nitrogens with zero attached hydrogens (tertiary/aromatic N) is 1. The Morgan fingerprint density at radius 2 is 1.66 bits per heavy atom. The zero-order valence-corrected chi connectivity index (χ0v) is 19.5. The molecule has 168 valence electrons. The molecule has 0 radical (unpaired) electrons. The van der Waals surface area contributed by atoms with Gasteiger partial charge >= 0.3 is 5.97 Å². The van der Waals surface area contributed by atoms with Gasteiger partial charge in [-0.05, 0) is 50.3 Å². The van der Waals surface area contributed by atoms with Crippen LogP contribution in [0.2, 0.25) is 0 Å². The lowest BCUT2D eigenvalue weighted by molar-refractivity contribution is -0.146. The summed E-state index contributed by atoms with van der Waals surface area (Å²) in [6.45, 7) is 5.45. The maximum Gasteiger partial charge on any atom is 0.316 e. The molecular formula is C25H27NO5S. The van der Waals surface area contributed by atoms with Crippen molar-refractivity contribution in [3.05, 3.63) is 65.4 Å². The summed E-state index contributed by atoms with van der Waals surface area (Å²) in [5.74, 6) is 0.272. The molecule has 3 aromatic rings. The zero-order valence-electron chi connectivity index (χ0n) is 18.7. The summed E-state index contributed by atoms with van der Waals surface area (Å²) in [6.07, 6.45) is 3.10. The van der Waals surface area contributed by atoms with Gasteiger partial charge in [0.05, 0.1) is 34.1 Å². The predicted molar refractivity (Wildman–Crippen MR) is 123 cm³/mol. The van der Waals surface area contributed by atoms with Crippen LogP contribution in [0.25, 0.3) is 22.5 Å². The van der Waals surface area contributed by atoms with Crippen LogP contribution in [0, 0.1) is 6.92 Å². The highest BCUT2D eigenvalue weighted by atomic mass is 32.2. The third kappa shape index (κ3) is 3.80. The second kappa shape index (κ2) is 8.30. The maximum absolute atomic E-state index is 12.3. The number of rotatable bonds is 7. The van der Waals surface area contributed by atoms with Gasteiger partial charge in [0.25, 0.3) is 0 Å². The average molecular weight is 454 g/mol. The Morgan fingerprint density at radius 1 is 1.12 bits per heavy atom. The fourth-order valence-corrected chi connectivity index (χ4v) is 4.59. The number of carbonyl (C=O) groups excluding carboxylic acids is 1. The van der Waals surface area contributed by atoms with E-state index in [1.165, 1.54) is 13.2 Å². The first-order chi connectivity index (χ1) is 15.2. The predicted octanol–water partition coefficient (Wildman–Crippen LogP) is 4.46. The van der Waals surface area contributed by atoms with E-state index in [4.69, 9.17) is 9.26 Å². The fraction of sp³-hybridized carbons (Fsp3) is 0.360. The molecule has 1 aliphatic rings. The molecule has 2 aromatic carbocycles. The number of ether oxygens (including phenoxy) is 1. The van der Waals surface area contributed by atoms with Gasteiger partial charge in [-0.1, -0.05) is 53.7 Å². The molecule has 1 unspecified atom stereocenters. The summed E-state index contributed by atoms with van der Waals surface area (Å²) in [5.41, 5.74) is 4.23. The Morgan fingerprint density at radius 3 is 2.16 bits per heavy atom. The average Bonchev–Trinajstić information content (AvgIpc) is 3.50. The van der Waals surface area contributed by atoms with Crippen molar-refractivity contribution in [3.8, 4) is 22.5 Å².